The van der Waals surface area contributed by atoms with Gasteiger partial charge in [-0.1, -0.05) is 6.07 Å². The highest BCUT2D eigenvalue weighted by Gasteiger charge is 2.20. The maximum Gasteiger partial charge on any atom is 0.305 e. The van der Waals surface area contributed by atoms with Gasteiger partial charge in [0.25, 0.3) is 5.91 Å². The molecule has 2 rings (SSSR count). The Balaban J connectivity index is 0.00000420. The monoisotopic (exact) mass is 407 g/mol. The molecule has 10 heteroatoms. The van der Waals surface area contributed by atoms with Gasteiger partial charge in [0, 0.05) is 18.2 Å². The lowest BCUT2D eigenvalue weighted by molar-refractivity contribution is -0.137. The SMILES string of the molecule is Cc1ccc(C(CC(=O)O)NC(=O)CNC(=O)c2cccc(N=C(N)N)c2)s1.[HH].[HH]. The van der Waals surface area contributed by atoms with Crippen LogP contribution < -0.4 is 22.1 Å². The zero-order valence-corrected chi connectivity index (χ0v) is 16.0. The molecular formula is C18H25N5O4S. The lowest BCUT2D eigenvalue weighted by atomic mass is 10.1. The highest BCUT2D eigenvalue weighted by molar-refractivity contribution is 7.12. The van der Waals surface area contributed by atoms with Crippen LogP contribution in [0.5, 0.6) is 0 Å². The highest BCUT2D eigenvalue weighted by Crippen LogP contribution is 2.25. The maximum atomic E-state index is 12.2. The number of thiophene rings is 1. The molecule has 1 atom stereocenters. The molecule has 0 aliphatic rings. The lowest BCUT2D eigenvalue weighted by Crippen LogP contribution is -2.39. The Labute approximate surface area is 168 Å². The van der Waals surface area contributed by atoms with Gasteiger partial charge in [-0.15, -0.1) is 11.3 Å². The Bertz CT molecular complexity index is 915. The van der Waals surface area contributed by atoms with Crippen LogP contribution in [0.3, 0.4) is 0 Å². The summed E-state index contributed by atoms with van der Waals surface area (Å²) in [4.78, 5) is 41.1. The summed E-state index contributed by atoms with van der Waals surface area (Å²) in [7, 11) is 0. The zero-order chi connectivity index (χ0) is 20.7. The predicted molar refractivity (Wildman–Crippen MR) is 111 cm³/mol. The molecule has 0 bridgehead atoms. The molecule has 1 aromatic carbocycles. The lowest BCUT2D eigenvalue weighted by Gasteiger charge is -2.16. The number of nitrogens with two attached hydrogens (primary N) is 2. The van der Waals surface area contributed by atoms with Crippen molar-refractivity contribution < 1.29 is 22.3 Å². The summed E-state index contributed by atoms with van der Waals surface area (Å²) >= 11 is 1.41. The smallest absolute Gasteiger partial charge is 0.305 e. The number of carboxylic acids is 1. The summed E-state index contributed by atoms with van der Waals surface area (Å²) in [5.41, 5.74) is 11.3. The van der Waals surface area contributed by atoms with Gasteiger partial charge >= 0.3 is 5.97 Å². The van der Waals surface area contributed by atoms with Crippen LogP contribution in [0.2, 0.25) is 0 Å². The quantitative estimate of drug-likeness (QED) is 0.329. The molecule has 1 unspecified atom stereocenters. The third-order valence-corrected chi connectivity index (χ3v) is 4.71. The van der Waals surface area contributed by atoms with Crippen molar-refractivity contribution in [2.24, 2.45) is 16.5 Å². The summed E-state index contributed by atoms with van der Waals surface area (Å²) in [6, 6.07) is 9.25. The summed E-state index contributed by atoms with van der Waals surface area (Å²) < 4.78 is 0. The number of benzene rings is 1. The van der Waals surface area contributed by atoms with Crippen molar-refractivity contribution in [1.82, 2.24) is 10.6 Å². The van der Waals surface area contributed by atoms with E-state index in [0.29, 0.717) is 5.69 Å². The summed E-state index contributed by atoms with van der Waals surface area (Å²) in [6.45, 7) is 1.59. The summed E-state index contributed by atoms with van der Waals surface area (Å²) in [5.74, 6) is -2.14. The molecule has 0 saturated heterocycles. The van der Waals surface area contributed by atoms with Crippen LogP contribution >= 0.6 is 11.3 Å². The largest absolute Gasteiger partial charge is 0.481 e. The standard InChI is InChI=1S/C18H21N5O4S.2H2/c1-10-5-6-14(28-10)13(8-16(25)26)23-15(24)9-21-17(27)11-3-2-4-12(7-11)22-18(19)20;;/h2-7,13H,8-9H2,1H3,(H,21,27)(H,23,24)(H,25,26)(H4,19,20,22);2*1H. The van der Waals surface area contributed by atoms with Crippen molar-refractivity contribution in [3.05, 3.63) is 51.7 Å². The van der Waals surface area contributed by atoms with Gasteiger partial charge in [0.2, 0.25) is 5.91 Å². The molecule has 9 nitrogen and oxygen atoms in total. The van der Waals surface area contributed by atoms with Gasteiger partial charge in [-0.2, -0.15) is 0 Å². The molecule has 0 aliphatic carbocycles. The van der Waals surface area contributed by atoms with Gasteiger partial charge in [-0.3, -0.25) is 14.4 Å². The van der Waals surface area contributed by atoms with Crippen molar-refractivity contribution in [2.75, 3.05) is 6.54 Å². The first-order valence-electron chi connectivity index (χ1n) is 8.30. The molecule has 1 aromatic heterocycles. The molecule has 28 heavy (non-hydrogen) atoms. The number of guanidine groups is 1. The number of carboxylic acid groups (broad SMARTS) is 1. The fourth-order valence-electron chi connectivity index (χ4n) is 2.41. The van der Waals surface area contributed by atoms with Crippen molar-refractivity contribution in [1.29, 1.82) is 0 Å². The van der Waals surface area contributed by atoms with E-state index < -0.39 is 23.8 Å². The second-order valence-corrected chi connectivity index (χ2v) is 7.26. The predicted octanol–water partition coefficient (Wildman–Crippen LogP) is 1.52. The van der Waals surface area contributed by atoms with Crippen LogP contribution in [0.25, 0.3) is 0 Å². The fraction of sp³-hybridized carbons (Fsp3) is 0.222. The molecule has 7 N–H and O–H groups in total. The van der Waals surface area contributed by atoms with E-state index in [2.05, 4.69) is 15.6 Å². The van der Waals surface area contributed by atoms with Gasteiger partial charge in [0.15, 0.2) is 5.96 Å². The van der Waals surface area contributed by atoms with Gasteiger partial charge < -0.3 is 27.2 Å². The highest BCUT2D eigenvalue weighted by atomic mass is 32.1. The number of amides is 2. The van der Waals surface area contributed by atoms with Gasteiger partial charge in [0.05, 0.1) is 24.7 Å². The number of carbonyl (C=O) groups is 3. The topological polar surface area (TPSA) is 160 Å². The zero-order valence-electron chi connectivity index (χ0n) is 15.1. The van der Waals surface area contributed by atoms with Crippen LogP contribution in [0.4, 0.5) is 5.69 Å². The van der Waals surface area contributed by atoms with Crippen molar-refractivity contribution in [2.45, 2.75) is 19.4 Å². The minimum absolute atomic E-state index is 0. The average molecular weight is 407 g/mol. The number of aliphatic carboxylic acids is 1. The van der Waals surface area contributed by atoms with Crippen LogP contribution in [0.1, 0.15) is 35.4 Å². The molecule has 0 radical (unpaired) electrons. The van der Waals surface area contributed by atoms with E-state index in [1.807, 2.05) is 13.0 Å². The average Bonchev–Trinajstić information content (AvgIpc) is 3.05. The molecule has 1 heterocycles. The summed E-state index contributed by atoms with van der Waals surface area (Å²) in [5, 5.41) is 14.2. The molecule has 0 spiro atoms. The van der Waals surface area contributed by atoms with E-state index in [9.17, 15) is 14.4 Å². The number of carbonyl (C=O) groups excluding carboxylic acids is 2. The molecule has 0 saturated carbocycles. The number of hydrogen-bond acceptors (Lipinski definition) is 5. The van der Waals surface area contributed by atoms with E-state index in [0.717, 1.165) is 9.75 Å². The fourth-order valence-corrected chi connectivity index (χ4v) is 3.34. The number of aryl methyl sites for hydroxylation is 1. The third-order valence-electron chi connectivity index (χ3n) is 3.59. The minimum atomic E-state index is -1.03. The first kappa shape index (κ1) is 20.9. The van der Waals surface area contributed by atoms with Crippen LogP contribution in [-0.2, 0) is 9.59 Å². The molecular weight excluding hydrogens is 382 g/mol. The Morgan fingerprint density at radius 2 is 2.00 bits per heavy atom. The second kappa shape index (κ2) is 9.51. The summed E-state index contributed by atoms with van der Waals surface area (Å²) in [6.07, 6.45) is -0.250. The number of hydrogen-bond donors (Lipinski definition) is 5. The van der Waals surface area contributed by atoms with E-state index in [1.54, 1.807) is 24.3 Å². The Morgan fingerprint density at radius 3 is 2.61 bits per heavy atom. The van der Waals surface area contributed by atoms with Gasteiger partial charge in [-0.05, 0) is 37.3 Å². The Kier molecular flexibility index (Phi) is 7.10. The molecule has 152 valence electrons. The Morgan fingerprint density at radius 1 is 1.25 bits per heavy atom. The van der Waals surface area contributed by atoms with E-state index in [4.69, 9.17) is 16.6 Å². The van der Waals surface area contributed by atoms with Crippen molar-refractivity contribution in [3.8, 4) is 0 Å². The molecule has 0 fully saturated rings. The van der Waals surface area contributed by atoms with Crippen molar-refractivity contribution >= 4 is 40.8 Å². The third kappa shape index (κ3) is 6.40. The number of nitrogens with zero attached hydrogens (tertiary/aromatic N) is 1. The van der Waals surface area contributed by atoms with Crippen molar-refractivity contribution in [3.63, 3.8) is 0 Å². The van der Waals surface area contributed by atoms with Gasteiger partial charge in [-0.25, -0.2) is 4.99 Å². The Hall–Kier alpha value is -3.40. The molecule has 2 aromatic rings. The minimum Gasteiger partial charge on any atom is -0.481 e. The van der Waals surface area contributed by atoms with E-state index >= 15 is 0 Å². The normalized spacial score (nSPS) is 11.3. The second-order valence-electron chi connectivity index (χ2n) is 5.94. The molecule has 2 amide bonds. The first-order chi connectivity index (χ1) is 13.2. The number of aliphatic imine (C=N–C) groups is 1. The van der Waals surface area contributed by atoms with Crippen LogP contribution in [-0.4, -0.2) is 35.4 Å². The number of rotatable bonds is 8. The van der Waals surface area contributed by atoms with E-state index in [1.165, 1.54) is 17.4 Å². The number of nitrogens with one attached hydrogen (secondary N) is 2. The van der Waals surface area contributed by atoms with E-state index in [-0.39, 0.29) is 27.3 Å². The van der Waals surface area contributed by atoms with Crippen LogP contribution in [0.15, 0.2) is 41.4 Å². The first-order valence-corrected chi connectivity index (χ1v) is 9.11. The van der Waals surface area contributed by atoms with Gasteiger partial charge in [0.1, 0.15) is 0 Å². The molecule has 0 aliphatic heterocycles. The maximum absolute atomic E-state index is 12.2. The van der Waals surface area contributed by atoms with Crippen LogP contribution in [0, 0.1) is 6.92 Å².